The Hall–Kier alpha value is -3.75. The molecule has 1 nitrogen and oxygen atoms in total. The molecule has 0 radical (unpaired) electrons. The van der Waals surface area contributed by atoms with Crippen molar-refractivity contribution in [2.45, 2.75) is 98.7 Å². The first kappa shape index (κ1) is 31.0. The Bertz CT molecular complexity index is 2080. The minimum Gasteiger partial charge on any atom is -0.310 e. The summed E-state index contributed by atoms with van der Waals surface area (Å²) >= 11 is 2.01. The molecule has 2 heteroatoms. The molecule has 1 heterocycles. The highest BCUT2D eigenvalue weighted by molar-refractivity contribution is 7.99. The van der Waals surface area contributed by atoms with Crippen LogP contribution in [0.15, 0.2) is 125 Å². The molecule has 0 N–H and O–H groups in total. The van der Waals surface area contributed by atoms with Gasteiger partial charge in [-0.3, -0.25) is 0 Å². The van der Waals surface area contributed by atoms with Crippen molar-refractivity contribution in [3.05, 3.63) is 138 Å². The molecule has 4 fully saturated rings. The predicted molar refractivity (Wildman–Crippen MR) is 210 cm³/mol. The second-order valence-electron chi connectivity index (χ2n) is 17.7. The van der Waals surface area contributed by atoms with Crippen LogP contribution in [0.4, 0.5) is 17.1 Å². The predicted octanol–water partition coefficient (Wildman–Crippen LogP) is 13.4. The number of nitrogens with zero attached hydrogens (tertiary/aromatic N) is 1. The van der Waals surface area contributed by atoms with E-state index in [1.165, 1.54) is 94.1 Å². The molecule has 0 saturated heterocycles. The van der Waals surface area contributed by atoms with Gasteiger partial charge in [-0.2, -0.15) is 0 Å². The third kappa shape index (κ3) is 4.52. The van der Waals surface area contributed by atoms with E-state index >= 15 is 0 Å². The van der Waals surface area contributed by atoms with Crippen molar-refractivity contribution >= 4 is 28.8 Å². The highest BCUT2D eigenvalue weighted by atomic mass is 32.2. The molecule has 0 aromatic heterocycles. The third-order valence-corrected chi connectivity index (χ3v) is 15.1. The van der Waals surface area contributed by atoms with Crippen LogP contribution < -0.4 is 4.90 Å². The second-order valence-corrected chi connectivity index (χ2v) is 18.7. The van der Waals surface area contributed by atoms with Gasteiger partial charge in [-0.25, -0.2) is 0 Å². The molecule has 0 atom stereocenters. The van der Waals surface area contributed by atoms with Crippen molar-refractivity contribution in [1.82, 2.24) is 0 Å². The molecule has 4 saturated carbocycles. The van der Waals surface area contributed by atoms with Gasteiger partial charge in [0.25, 0.3) is 0 Å². The van der Waals surface area contributed by atoms with E-state index in [9.17, 15) is 0 Å². The van der Waals surface area contributed by atoms with Gasteiger partial charge < -0.3 is 4.90 Å². The zero-order valence-electron chi connectivity index (χ0n) is 30.1. The van der Waals surface area contributed by atoms with E-state index in [1.807, 2.05) is 11.8 Å². The molecule has 4 bridgehead atoms. The molecule has 1 aliphatic heterocycles. The fourth-order valence-corrected chi connectivity index (χ4v) is 13.1. The summed E-state index contributed by atoms with van der Waals surface area (Å²) in [6, 6.07) is 44.4. The molecule has 0 unspecified atom stereocenters. The van der Waals surface area contributed by atoms with E-state index in [1.54, 1.807) is 11.1 Å². The van der Waals surface area contributed by atoms with Crippen LogP contribution in [0, 0.1) is 23.7 Å². The molecule has 5 aromatic rings. The van der Waals surface area contributed by atoms with Crippen LogP contribution in [0.1, 0.15) is 94.9 Å². The normalized spacial score (nSPS) is 27.8. The lowest BCUT2D eigenvalue weighted by Crippen LogP contribution is -2.57. The molecular weight excluding hydrogens is 623 g/mol. The molecular formula is C48H49NS. The van der Waals surface area contributed by atoms with Crippen LogP contribution in [0.2, 0.25) is 0 Å². The van der Waals surface area contributed by atoms with Crippen molar-refractivity contribution in [3.8, 4) is 11.1 Å². The standard InChI is InChI=1S/C48H49NS/c1-46(2)23-24-47(3,4)45-39(13-10-15-42(45)46)33-17-19-37(20-18-33)49(36-11-6-5-7-12-36)38-21-22-41-44(30-38)50-43-16-9-8-14-40(43)48(41)34-26-31-25-32(28-34)29-35(48)27-31/h5-22,30-32,34-35H,23-29H2,1-4H3. The van der Waals surface area contributed by atoms with Crippen molar-refractivity contribution in [3.63, 3.8) is 0 Å². The van der Waals surface area contributed by atoms with Crippen molar-refractivity contribution in [1.29, 1.82) is 0 Å². The van der Waals surface area contributed by atoms with E-state index in [2.05, 4.69) is 148 Å². The zero-order valence-corrected chi connectivity index (χ0v) is 30.9. The lowest BCUT2D eigenvalue weighted by atomic mass is 9.42. The van der Waals surface area contributed by atoms with Gasteiger partial charge in [-0.15, -0.1) is 0 Å². The van der Waals surface area contributed by atoms with Crippen LogP contribution >= 0.6 is 11.8 Å². The highest BCUT2D eigenvalue weighted by Gasteiger charge is 2.60. The highest BCUT2D eigenvalue weighted by Crippen LogP contribution is 2.69. The van der Waals surface area contributed by atoms with E-state index in [0.29, 0.717) is 0 Å². The second kappa shape index (κ2) is 11.1. The first-order chi connectivity index (χ1) is 24.2. The minimum atomic E-state index is 0.157. The first-order valence-corrected chi connectivity index (χ1v) is 20.1. The number of benzene rings is 5. The fraction of sp³-hybridized carbons (Fsp3) is 0.375. The van der Waals surface area contributed by atoms with Crippen LogP contribution in [0.3, 0.4) is 0 Å². The van der Waals surface area contributed by atoms with E-state index in [0.717, 1.165) is 23.7 Å². The van der Waals surface area contributed by atoms with E-state index < -0.39 is 0 Å². The van der Waals surface area contributed by atoms with Crippen molar-refractivity contribution in [2.24, 2.45) is 23.7 Å². The van der Waals surface area contributed by atoms with Crippen LogP contribution in [-0.4, -0.2) is 0 Å². The minimum absolute atomic E-state index is 0.157. The Labute approximate surface area is 303 Å². The zero-order chi connectivity index (χ0) is 33.8. The van der Waals surface area contributed by atoms with Gasteiger partial charge in [-0.1, -0.05) is 112 Å². The van der Waals surface area contributed by atoms with Gasteiger partial charge in [-0.05, 0) is 155 Å². The van der Waals surface area contributed by atoms with Crippen LogP contribution in [0.5, 0.6) is 0 Å². The van der Waals surface area contributed by atoms with E-state index in [4.69, 9.17) is 0 Å². The SMILES string of the molecule is CC1(C)CCC(C)(C)c2c(-c3ccc(N(c4ccccc4)c4ccc5c(c4)Sc4ccccc4C54C5CC6CC(C5)CC4C6)cc3)cccc21. The third-order valence-electron chi connectivity index (χ3n) is 13.9. The average molecular weight is 672 g/mol. The Kier molecular flexibility index (Phi) is 6.90. The summed E-state index contributed by atoms with van der Waals surface area (Å²) in [7, 11) is 0. The van der Waals surface area contributed by atoms with Gasteiger partial charge in [0.05, 0.1) is 0 Å². The molecule has 50 heavy (non-hydrogen) atoms. The summed E-state index contributed by atoms with van der Waals surface area (Å²) < 4.78 is 0. The molecule has 5 aromatic carbocycles. The Balaban J connectivity index is 1.08. The average Bonchev–Trinajstić information content (AvgIpc) is 3.12. The van der Waals surface area contributed by atoms with Crippen molar-refractivity contribution in [2.75, 3.05) is 4.90 Å². The van der Waals surface area contributed by atoms with Crippen molar-refractivity contribution < 1.29 is 0 Å². The number of fused-ring (bicyclic) bond motifs is 3. The maximum atomic E-state index is 2.56. The summed E-state index contributed by atoms with van der Waals surface area (Å²) in [5.41, 5.74) is 13.2. The lowest BCUT2D eigenvalue weighted by Gasteiger charge is -2.63. The smallest absolute Gasteiger partial charge is 0.0473 e. The largest absolute Gasteiger partial charge is 0.310 e. The van der Waals surface area contributed by atoms with Crippen LogP contribution in [-0.2, 0) is 16.2 Å². The Morgan fingerprint density at radius 1 is 0.520 bits per heavy atom. The van der Waals surface area contributed by atoms with Gasteiger partial charge in [0.1, 0.15) is 0 Å². The van der Waals surface area contributed by atoms with Crippen LogP contribution in [0.25, 0.3) is 11.1 Å². The quantitative estimate of drug-likeness (QED) is 0.187. The number of hydrogen-bond acceptors (Lipinski definition) is 2. The number of rotatable bonds is 4. The van der Waals surface area contributed by atoms with Gasteiger partial charge in [0.15, 0.2) is 0 Å². The van der Waals surface area contributed by atoms with Gasteiger partial charge >= 0.3 is 0 Å². The molecule has 11 rings (SSSR count). The Morgan fingerprint density at radius 2 is 1.12 bits per heavy atom. The number of para-hydroxylation sites is 1. The Morgan fingerprint density at radius 3 is 1.86 bits per heavy atom. The molecule has 0 amide bonds. The summed E-state index contributed by atoms with van der Waals surface area (Å²) in [5, 5.41) is 0. The monoisotopic (exact) mass is 671 g/mol. The number of hydrogen-bond donors (Lipinski definition) is 0. The maximum absolute atomic E-state index is 2.56. The molecule has 6 aliphatic rings. The molecule has 5 aliphatic carbocycles. The lowest BCUT2D eigenvalue weighted by molar-refractivity contribution is -0.0443. The summed E-state index contributed by atoms with van der Waals surface area (Å²) in [5.74, 6) is 3.43. The fourth-order valence-electron chi connectivity index (χ4n) is 11.8. The topological polar surface area (TPSA) is 3.24 Å². The first-order valence-electron chi connectivity index (χ1n) is 19.2. The summed E-state index contributed by atoms with van der Waals surface area (Å²) in [6.07, 6.45) is 9.58. The van der Waals surface area contributed by atoms with Gasteiger partial charge in [0.2, 0.25) is 0 Å². The van der Waals surface area contributed by atoms with Gasteiger partial charge in [0, 0.05) is 32.3 Å². The number of anilines is 3. The summed E-state index contributed by atoms with van der Waals surface area (Å²) in [6.45, 7) is 9.73. The van der Waals surface area contributed by atoms with E-state index in [-0.39, 0.29) is 16.2 Å². The summed E-state index contributed by atoms with van der Waals surface area (Å²) in [4.78, 5) is 5.42. The maximum Gasteiger partial charge on any atom is 0.0473 e. The molecule has 252 valence electrons. The molecule has 1 spiro atoms.